The average Bonchev–Trinajstić information content (AvgIpc) is 2.45. The van der Waals surface area contributed by atoms with Gasteiger partial charge in [-0.25, -0.2) is 0 Å². The maximum absolute atomic E-state index is 2.51. The van der Waals surface area contributed by atoms with E-state index in [1.165, 1.54) is 100 Å². The van der Waals surface area contributed by atoms with Crippen LogP contribution in [-0.2, 0) is 0 Å². The molecule has 0 spiro atoms. The van der Waals surface area contributed by atoms with Crippen molar-refractivity contribution in [2.45, 2.75) is 116 Å². The number of hydrogen-bond acceptors (Lipinski definition) is 0. The van der Waals surface area contributed by atoms with Crippen LogP contribution in [0, 0.1) is 5.92 Å². The Kier molecular flexibility index (Phi) is 15.8. The van der Waals surface area contributed by atoms with Gasteiger partial charge in [0.15, 0.2) is 0 Å². The lowest BCUT2D eigenvalue weighted by molar-refractivity contribution is 0.432. The van der Waals surface area contributed by atoms with Crippen LogP contribution >= 0.6 is 0 Å². The number of rotatable bonds is 15. The molecule has 0 rings (SSSR count). The van der Waals surface area contributed by atoms with E-state index in [0.29, 0.717) is 0 Å². The summed E-state index contributed by atoms with van der Waals surface area (Å²) in [6, 6.07) is 0. The summed E-state index contributed by atoms with van der Waals surface area (Å²) in [6.07, 6.45) is 20.5. The van der Waals surface area contributed by atoms with Crippen molar-refractivity contribution < 1.29 is 0 Å². The summed E-state index contributed by atoms with van der Waals surface area (Å²) in [5, 5.41) is 0. The minimum absolute atomic E-state index is 1.00. The largest absolute Gasteiger partial charge is 0.0654 e. The Morgan fingerprint density at radius 3 is 1.50 bits per heavy atom. The van der Waals surface area contributed by atoms with Crippen molar-refractivity contribution in [3.63, 3.8) is 0 Å². The van der Waals surface area contributed by atoms with Gasteiger partial charge in [-0.2, -0.15) is 0 Å². The molecule has 0 amide bonds. The van der Waals surface area contributed by atoms with Crippen molar-refractivity contribution in [2.24, 2.45) is 5.92 Å². The lowest BCUT2D eigenvalue weighted by Crippen LogP contribution is -2.06. The Morgan fingerprint density at radius 2 is 1.00 bits per heavy atom. The summed E-state index contributed by atoms with van der Waals surface area (Å²) in [6.45, 7) is 7.12. The zero-order valence-electron chi connectivity index (χ0n) is 15.1. The molecule has 0 aliphatic heterocycles. The molecule has 2 unspecified atom stereocenters. The van der Waals surface area contributed by atoms with Gasteiger partial charge in [0.05, 0.1) is 0 Å². The molecule has 0 fully saturated rings. The zero-order valence-corrected chi connectivity index (χ0v) is 17.1. The average molecular weight is 299 g/mol. The molecular weight excluding hydrogens is 256 g/mol. The Hall–Kier alpha value is 0.217. The Balaban J connectivity index is 3.34. The Labute approximate surface area is 132 Å². The van der Waals surface area contributed by atoms with Crippen LogP contribution in [-0.4, -0.2) is 10.2 Å². The topological polar surface area (TPSA) is 0 Å². The number of unbranched alkanes of at least 4 members (excludes halogenated alkanes) is 10. The molecular formula is C19H42Si. The first-order chi connectivity index (χ1) is 9.72. The van der Waals surface area contributed by atoms with Gasteiger partial charge in [0.25, 0.3) is 0 Å². The quantitative estimate of drug-likeness (QED) is 0.246. The van der Waals surface area contributed by atoms with Gasteiger partial charge in [-0.15, -0.1) is 0 Å². The molecule has 0 aromatic heterocycles. The van der Waals surface area contributed by atoms with Gasteiger partial charge >= 0.3 is 0 Å². The molecule has 0 bridgehead atoms. The predicted octanol–water partition coefficient (Wildman–Crippen LogP) is 6.28. The molecule has 0 aliphatic carbocycles. The second-order valence-corrected chi connectivity index (χ2v) is 8.55. The van der Waals surface area contributed by atoms with Crippen molar-refractivity contribution in [2.75, 3.05) is 0 Å². The summed E-state index contributed by atoms with van der Waals surface area (Å²) in [4.78, 5) is 0. The van der Waals surface area contributed by atoms with Crippen LogP contribution in [0.15, 0.2) is 0 Å². The van der Waals surface area contributed by atoms with E-state index in [9.17, 15) is 0 Å². The highest BCUT2D eigenvalue weighted by molar-refractivity contribution is 6.11. The molecule has 2 atom stereocenters. The van der Waals surface area contributed by atoms with E-state index in [1.54, 1.807) is 0 Å². The van der Waals surface area contributed by atoms with Gasteiger partial charge in [-0.1, -0.05) is 116 Å². The van der Waals surface area contributed by atoms with E-state index < -0.39 is 0 Å². The van der Waals surface area contributed by atoms with Crippen molar-refractivity contribution in [1.29, 1.82) is 0 Å². The third-order valence-corrected chi connectivity index (χ3v) is 6.71. The summed E-state index contributed by atoms with van der Waals surface area (Å²) in [5.74, 6) is 1.00. The maximum atomic E-state index is 2.51. The summed E-state index contributed by atoms with van der Waals surface area (Å²) in [7, 11) is 1.41. The van der Waals surface area contributed by atoms with E-state index in [1.807, 2.05) is 0 Å². The minimum atomic E-state index is 1.00. The van der Waals surface area contributed by atoms with Gasteiger partial charge in [0, 0.05) is 10.2 Å². The SMILES string of the molecule is CCCCCCCCCC([SiH3])C(C)CCCCCCC. The minimum Gasteiger partial charge on any atom is -0.0654 e. The molecule has 0 N–H and O–H groups in total. The van der Waals surface area contributed by atoms with Gasteiger partial charge in [0.1, 0.15) is 0 Å². The molecule has 0 aromatic carbocycles. The predicted molar refractivity (Wildman–Crippen MR) is 98.8 cm³/mol. The Bertz CT molecular complexity index is 179. The fraction of sp³-hybridized carbons (Fsp3) is 1.00. The van der Waals surface area contributed by atoms with E-state index in [-0.39, 0.29) is 0 Å². The molecule has 122 valence electrons. The Morgan fingerprint density at radius 1 is 0.600 bits per heavy atom. The second-order valence-electron chi connectivity index (χ2n) is 7.07. The van der Waals surface area contributed by atoms with Crippen LogP contribution < -0.4 is 0 Å². The van der Waals surface area contributed by atoms with E-state index in [0.717, 1.165) is 11.5 Å². The monoisotopic (exact) mass is 298 g/mol. The highest BCUT2D eigenvalue weighted by Crippen LogP contribution is 2.26. The van der Waals surface area contributed by atoms with Crippen LogP contribution in [0.2, 0.25) is 5.54 Å². The van der Waals surface area contributed by atoms with Crippen molar-refractivity contribution in [3.05, 3.63) is 0 Å². The maximum Gasteiger partial charge on any atom is 0.00706 e. The van der Waals surface area contributed by atoms with Gasteiger partial charge < -0.3 is 0 Å². The molecule has 0 saturated carbocycles. The van der Waals surface area contributed by atoms with Gasteiger partial charge in [0.2, 0.25) is 0 Å². The van der Waals surface area contributed by atoms with E-state index in [2.05, 4.69) is 20.8 Å². The van der Waals surface area contributed by atoms with Crippen LogP contribution in [0.4, 0.5) is 0 Å². The third-order valence-electron chi connectivity index (χ3n) is 5.00. The molecule has 0 aromatic rings. The molecule has 0 radical (unpaired) electrons. The smallest absolute Gasteiger partial charge is 0.00706 e. The van der Waals surface area contributed by atoms with E-state index in [4.69, 9.17) is 0 Å². The molecule has 1 heteroatoms. The van der Waals surface area contributed by atoms with Crippen LogP contribution in [0.25, 0.3) is 0 Å². The van der Waals surface area contributed by atoms with Crippen LogP contribution in [0.1, 0.15) is 111 Å². The van der Waals surface area contributed by atoms with Crippen molar-refractivity contribution >= 4 is 10.2 Å². The van der Waals surface area contributed by atoms with Crippen LogP contribution in [0.5, 0.6) is 0 Å². The third kappa shape index (κ3) is 13.2. The molecule has 0 nitrogen and oxygen atoms in total. The second kappa shape index (κ2) is 15.6. The van der Waals surface area contributed by atoms with Crippen LogP contribution in [0.3, 0.4) is 0 Å². The summed E-state index contributed by atoms with van der Waals surface area (Å²) < 4.78 is 0. The lowest BCUT2D eigenvalue weighted by atomic mass is 9.95. The molecule has 0 aliphatic rings. The van der Waals surface area contributed by atoms with Gasteiger partial charge in [-0.3, -0.25) is 0 Å². The highest BCUT2D eigenvalue weighted by Gasteiger charge is 2.11. The zero-order chi connectivity index (χ0) is 15.1. The van der Waals surface area contributed by atoms with Crippen molar-refractivity contribution in [3.8, 4) is 0 Å². The molecule has 0 saturated heterocycles. The number of hydrogen-bond donors (Lipinski definition) is 0. The highest BCUT2D eigenvalue weighted by atomic mass is 28.1. The van der Waals surface area contributed by atoms with Gasteiger partial charge in [-0.05, 0) is 5.92 Å². The fourth-order valence-electron chi connectivity index (χ4n) is 3.06. The molecule has 0 heterocycles. The van der Waals surface area contributed by atoms with E-state index >= 15 is 0 Å². The summed E-state index contributed by atoms with van der Waals surface area (Å²) in [5.41, 5.74) is 1.08. The normalized spacial score (nSPS) is 14.6. The summed E-state index contributed by atoms with van der Waals surface area (Å²) >= 11 is 0. The standard InChI is InChI=1S/C19H42Si/c1-4-6-8-10-11-13-15-17-19(20)18(3)16-14-12-9-7-5-2/h18-19H,4-17H2,1-3,20H3. The first-order valence-electron chi connectivity index (χ1n) is 9.72. The first kappa shape index (κ1) is 20.2. The fourth-order valence-corrected chi connectivity index (χ4v) is 3.80. The van der Waals surface area contributed by atoms with Crippen molar-refractivity contribution in [1.82, 2.24) is 0 Å². The first-order valence-corrected chi connectivity index (χ1v) is 10.9. The lowest BCUT2D eigenvalue weighted by Gasteiger charge is -2.19. The molecule has 20 heavy (non-hydrogen) atoms.